The Labute approximate surface area is 212 Å². The van der Waals surface area contributed by atoms with E-state index >= 15 is 0 Å². The Morgan fingerprint density at radius 3 is 2.49 bits per heavy atom. The molecule has 0 atom stereocenters. The second-order valence-electron chi connectivity index (χ2n) is 9.81. The van der Waals surface area contributed by atoms with Gasteiger partial charge in [-0.3, -0.25) is 4.98 Å². The highest BCUT2D eigenvalue weighted by atomic mass is 32.2. The highest BCUT2D eigenvalue weighted by molar-refractivity contribution is 7.99. The number of aromatic nitrogens is 4. The minimum Gasteiger partial charge on any atom is -0.495 e. The Morgan fingerprint density at radius 1 is 0.971 bits per heavy atom. The van der Waals surface area contributed by atoms with E-state index in [0.29, 0.717) is 5.41 Å². The normalized spacial score (nSPS) is 18.2. The van der Waals surface area contributed by atoms with Crippen molar-refractivity contribution >= 4 is 17.4 Å². The van der Waals surface area contributed by atoms with Gasteiger partial charge in [0.25, 0.3) is 0 Å². The number of para-hydroxylation sites is 2. The van der Waals surface area contributed by atoms with Gasteiger partial charge < -0.3 is 19.1 Å². The van der Waals surface area contributed by atoms with Crippen molar-refractivity contribution in [1.29, 1.82) is 0 Å². The lowest BCUT2D eigenvalue weighted by Gasteiger charge is -2.47. The van der Waals surface area contributed by atoms with Crippen molar-refractivity contribution < 1.29 is 4.74 Å². The molecule has 5 rings (SSSR count). The Kier molecular flexibility index (Phi) is 7.58. The summed E-state index contributed by atoms with van der Waals surface area (Å²) in [6.07, 6.45) is 10.0. The second kappa shape index (κ2) is 11.0. The second-order valence-corrected chi connectivity index (χ2v) is 10.9. The molecule has 0 unspecified atom stereocenters. The first kappa shape index (κ1) is 24.1. The Bertz CT molecular complexity index is 1090. The van der Waals surface area contributed by atoms with E-state index < -0.39 is 0 Å². The minimum atomic E-state index is 0.533. The predicted octanol–water partition coefficient (Wildman–Crippen LogP) is 4.75. The van der Waals surface area contributed by atoms with Crippen molar-refractivity contribution in [3.05, 3.63) is 48.8 Å². The van der Waals surface area contributed by atoms with Crippen LogP contribution in [0.5, 0.6) is 5.75 Å². The van der Waals surface area contributed by atoms with Gasteiger partial charge in [-0.25, -0.2) is 0 Å². The number of likely N-dealkylation sites (tertiary alicyclic amines) is 1. The summed E-state index contributed by atoms with van der Waals surface area (Å²) < 4.78 is 7.66. The van der Waals surface area contributed by atoms with Crippen LogP contribution in [-0.2, 0) is 7.05 Å². The van der Waals surface area contributed by atoms with Crippen molar-refractivity contribution in [2.45, 2.75) is 37.3 Å². The fraction of sp³-hybridized carbons (Fsp3) is 0.519. The highest BCUT2D eigenvalue weighted by Crippen LogP contribution is 2.43. The molecular formula is C27H36N6OS. The molecule has 0 bridgehead atoms. The molecule has 2 saturated heterocycles. The lowest BCUT2D eigenvalue weighted by Crippen LogP contribution is -2.47. The fourth-order valence-electron chi connectivity index (χ4n) is 5.50. The summed E-state index contributed by atoms with van der Waals surface area (Å²) in [5.41, 5.74) is 2.78. The standard InChI is InChI=1S/C27H36N6OS/c1-31-25(22-7-5-14-28-21-22)29-30-26(31)35-20-6-15-32-16-10-27(11-17-32)12-18-33(19-13-27)23-8-3-4-9-24(23)34-2/h3-5,7-9,14,21H,6,10-13,15-20H2,1-2H3. The van der Waals surface area contributed by atoms with Gasteiger partial charge in [0, 0.05) is 43.8 Å². The molecule has 0 saturated carbocycles. The molecule has 0 N–H and O–H groups in total. The quantitative estimate of drug-likeness (QED) is 0.332. The molecule has 7 nitrogen and oxygen atoms in total. The average Bonchev–Trinajstić information content (AvgIpc) is 3.28. The van der Waals surface area contributed by atoms with Crippen LogP contribution < -0.4 is 9.64 Å². The molecule has 4 heterocycles. The molecule has 0 radical (unpaired) electrons. The number of piperidine rings is 2. The molecule has 0 aliphatic carbocycles. The summed E-state index contributed by atoms with van der Waals surface area (Å²) in [5.74, 6) is 2.93. The number of anilines is 1. The van der Waals surface area contributed by atoms with E-state index in [4.69, 9.17) is 4.74 Å². The predicted molar refractivity (Wildman–Crippen MR) is 142 cm³/mol. The molecular weight excluding hydrogens is 456 g/mol. The zero-order valence-electron chi connectivity index (χ0n) is 20.9. The summed E-state index contributed by atoms with van der Waals surface area (Å²) in [6, 6.07) is 12.4. The van der Waals surface area contributed by atoms with Crippen molar-refractivity contribution in [3.63, 3.8) is 0 Å². The van der Waals surface area contributed by atoms with Crippen LogP contribution in [0.2, 0.25) is 0 Å². The molecule has 8 heteroatoms. The molecule has 3 aromatic rings. The molecule has 186 valence electrons. The number of benzene rings is 1. The van der Waals surface area contributed by atoms with E-state index in [9.17, 15) is 0 Å². The molecule has 2 aliphatic rings. The number of pyridine rings is 1. The number of ether oxygens (including phenoxy) is 1. The van der Waals surface area contributed by atoms with Crippen LogP contribution >= 0.6 is 11.8 Å². The first-order chi connectivity index (χ1) is 17.2. The Hall–Kier alpha value is -2.58. The lowest BCUT2D eigenvalue weighted by molar-refractivity contribution is 0.0801. The van der Waals surface area contributed by atoms with Crippen molar-refractivity contribution in [2.24, 2.45) is 12.5 Å². The summed E-state index contributed by atoms with van der Waals surface area (Å²) in [4.78, 5) is 9.37. The van der Waals surface area contributed by atoms with Gasteiger partial charge >= 0.3 is 0 Å². The van der Waals surface area contributed by atoms with E-state index in [2.05, 4.69) is 53.8 Å². The Balaban J connectivity index is 1.04. The van der Waals surface area contributed by atoms with E-state index in [1.165, 1.54) is 57.4 Å². The first-order valence-electron chi connectivity index (χ1n) is 12.7. The fourth-order valence-corrected chi connectivity index (χ4v) is 6.34. The largest absolute Gasteiger partial charge is 0.495 e. The van der Waals surface area contributed by atoms with Gasteiger partial charge in [0.2, 0.25) is 0 Å². The van der Waals surface area contributed by atoms with E-state index in [1.807, 2.05) is 25.4 Å². The van der Waals surface area contributed by atoms with Crippen LogP contribution in [0.4, 0.5) is 5.69 Å². The van der Waals surface area contributed by atoms with Gasteiger partial charge in [0.05, 0.1) is 12.8 Å². The van der Waals surface area contributed by atoms with Gasteiger partial charge in [0.1, 0.15) is 5.75 Å². The van der Waals surface area contributed by atoms with Crippen LogP contribution in [0, 0.1) is 5.41 Å². The van der Waals surface area contributed by atoms with Crippen molar-refractivity contribution in [3.8, 4) is 17.1 Å². The van der Waals surface area contributed by atoms with Crippen molar-refractivity contribution in [2.75, 3.05) is 50.5 Å². The lowest BCUT2D eigenvalue weighted by atomic mass is 9.71. The van der Waals surface area contributed by atoms with Gasteiger partial charge in [-0.2, -0.15) is 0 Å². The summed E-state index contributed by atoms with van der Waals surface area (Å²) >= 11 is 1.80. The number of nitrogens with zero attached hydrogens (tertiary/aromatic N) is 6. The van der Waals surface area contributed by atoms with Crippen molar-refractivity contribution in [1.82, 2.24) is 24.6 Å². The number of rotatable bonds is 8. The van der Waals surface area contributed by atoms with Crippen LogP contribution in [0.1, 0.15) is 32.1 Å². The SMILES string of the molecule is COc1ccccc1N1CCC2(CCN(CCCSc3nnc(-c4cccnc4)n3C)CC2)CC1. The summed E-state index contributed by atoms with van der Waals surface area (Å²) in [7, 11) is 3.80. The highest BCUT2D eigenvalue weighted by Gasteiger charge is 2.37. The third-order valence-electron chi connectivity index (χ3n) is 7.77. The third-order valence-corrected chi connectivity index (χ3v) is 8.88. The summed E-state index contributed by atoms with van der Waals surface area (Å²) in [6.45, 7) is 5.90. The monoisotopic (exact) mass is 492 g/mol. The molecule has 1 spiro atoms. The molecule has 0 amide bonds. The minimum absolute atomic E-state index is 0.533. The number of hydrogen-bond acceptors (Lipinski definition) is 7. The maximum atomic E-state index is 5.59. The molecule has 1 aromatic carbocycles. The van der Waals surface area contributed by atoms with E-state index in [-0.39, 0.29) is 0 Å². The van der Waals surface area contributed by atoms with E-state index in [1.54, 1.807) is 25.1 Å². The third kappa shape index (κ3) is 5.48. The number of methoxy groups -OCH3 is 1. The van der Waals surface area contributed by atoms with Crippen LogP contribution in [0.3, 0.4) is 0 Å². The zero-order chi connectivity index (χ0) is 24.1. The molecule has 2 fully saturated rings. The van der Waals surface area contributed by atoms with Gasteiger partial charge in [-0.05, 0) is 81.4 Å². The number of thioether (sulfide) groups is 1. The Morgan fingerprint density at radius 2 is 1.74 bits per heavy atom. The molecule has 2 aromatic heterocycles. The zero-order valence-corrected chi connectivity index (χ0v) is 21.7. The summed E-state index contributed by atoms with van der Waals surface area (Å²) in [5, 5.41) is 9.74. The van der Waals surface area contributed by atoms with Gasteiger partial charge in [-0.15, -0.1) is 10.2 Å². The van der Waals surface area contributed by atoms with Gasteiger partial charge in [0.15, 0.2) is 11.0 Å². The topological polar surface area (TPSA) is 59.3 Å². The van der Waals surface area contributed by atoms with E-state index in [0.717, 1.165) is 41.1 Å². The van der Waals surface area contributed by atoms with Crippen LogP contribution in [0.15, 0.2) is 53.9 Å². The molecule has 35 heavy (non-hydrogen) atoms. The maximum absolute atomic E-state index is 5.59. The van der Waals surface area contributed by atoms with Gasteiger partial charge in [-0.1, -0.05) is 23.9 Å². The molecule has 2 aliphatic heterocycles. The first-order valence-corrected chi connectivity index (χ1v) is 13.7. The number of hydrogen-bond donors (Lipinski definition) is 0. The average molecular weight is 493 g/mol. The maximum Gasteiger partial charge on any atom is 0.191 e. The smallest absolute Gasteiger partial charge is 0.191 e. The van der Waals surface area contributed by atoms with Crippen LogP contribution in [-0.4, -0.2) is 70.2 Å². The van der Waals surface area contributed by atoms with Crippen LogP contribution in [0.25, 0.3) is 11.4 Å².